The van der Waals surface area contributed by atoms with Gasteiger partial charge in [-0.15, -0.1) is 0 Å². The molecule has 1 saturated heterocycles. The zero-order valence-electron chi connectivity index (χ0n) is 15.9. The minimum atomic E-state index is 0.327. The maximum absolute atomic E-state index is 12.5. The maximum Gasteiger partial charge on any atom is 0.223 e. The number of rotatable bonds is 5. The Morgan fingerprint density at radius 2 is 1.68 bits per heavy atom. The fourth-order valence-corrected chi connectivity index (χ4v) is 4.09. The minimum Gasteiger partial charge on any atom is -0.369 e. The third kappa shape index (κ3) is 4.97. The van der Waals surface area contributed by atoms with Gasteiger partial charge in [0.1, 0.15) is 0 Å². The molecule has 138 valence electrons. The van der Waals surface area contributed by atoms with Crippen molar-refractivity contribution in [3.05, 3.63) is 29.8 Å². The third-order valence-corrected chi connectivity index (χ3v) is 5.93. The summed E-state index contributed by atoms with van der Waals surface area (Å²) in [6.07, 6.45) is 6.95. The molecule has 2 aliphatic rings. The van der Waals surface area contributed by atoms with Crippen LogP contribution in [0.5, 0.6) is 0 Å². The first-order valence-electron chi connectivity index (χ1n) is 9.93. The van der Waals surface area contributed by atoms with Gasteiger partial charge in [0.15, 0.2) is 0 Å². The predicted molar refractivity (Wildman–Crippen MR) is 104 cm³/mol. The van der Waals surface area contributed by atoms with Gasteiger partial charge in [0.05, 0.1) is 0 Å². The van der Waals surface area contributed by atoms with Crippen LogP contribution in [0.4, 0.5) is 5.69 Å². The molecule has 0 unspecified atom stereocenters. The van der Waals surface area contributed by atoms with Crippen LogP contribution in [0.15, 0.2) is 24.3 Å². The molecular formula is C21H33N3O. The summed E-state index contributed by atoms with van der Waals surface area (Å²) < 4.78 is 0. The van der Waals surface area contributed by atoms with Gasteiger partial charge in [-0.2, -0.15) is 0 Å². The van der Waals surface area contributed by atoms with E-state index in [1.54, 1.807) is 0 Å². The summed E-state index contributed by atoms with van der Waals surface area (Å²) in [4.78, 5) is 19.4. The van der Waals surface area contributed by atoms with Gasteiger partial charge >= 0.3 is 0 Å². The van der Waals surface area contributed by atoms with Crippen LogP contribution in [0.1, 0.15) is 44.1 Å². The number of hydrogen-bond acceptors (Lipinski definition) is 3. The van der Waals surface area contributed by atoms with Gasteiger partial charge in [-0.1, -0.05) is 37.0 Å². The molecule has 1 saturated carbocycles. The van der Waals surface area contributed by atoms with E-state index in [0.29, 0.717) is 18.4 Å². The van der Waals surface area contributed by atoms with E-state index < -0.39 is 0 Å². The fourth-order valence-electron chi connectivity index (χ4n) is 4.09. The van der Waals surface area contributed by atoms with Crippen LogP contribution >= 0.6 is 0 Å². The number of anilines is 1. The highest BCUT2D eigenvalue weighted by molar-refractivity contribution is 5.76. The Kier molecular flexibility index (Phi) is 6.35. The van der Waals surface area contributed by atoms with Crippen LogP contribution in [-0.4, -0.2) is 61.5 Å². The van der Waals surface area contributed by atoms with E-state index in [2.05, 4.69) is 41.0 Å². The van der Waals surface area contributed by atoms with Crippen LogP contribution in [-0.2, 0) is 4.79 Å². The number of benzene rings is 1. The van der Waals surface area contributed by atoms with Crippen molar-refractivity contribution in [2.24, 2.45) is 0 Å². The number of aryl methyl sites for hydroxylation is 1. The van der Waals surface area contributed by atoms with E-state index in [1.165, 1.54) is 43.4 Å². The molecule has 0 bridgehead atoms. The molecule has 0 atom stereocenters. The number of carbonyl (C=O) groups is 1. The van der Waals surface area contributed by atoms with Crippen molar-refractivity contribution < 1.29 is 4.79 Å². The first-order valence-corrected chi connectivity index (χ1v) is 9.93. The van der Waals surface area contributed by atoms with Crippen LogP contribution in [0.25, 0.3) is 0 Å². The van der Waals surface area contributed by atoms with E-state index in [9.17, 15) is 4.79 Å². The third-order valence-electron chi connectivity index (χ3n) is 5.93. The summed E-state index contributed by atoms with van der Waals surface area (Å²) in [6.45, 7) is 7.23. The van der Waals surface area contributed by atoms with Gasteiger partial charge in [0.2, 0.25) is 5.91 Å². The van der Waals surface area contributed by atoms with Gasteiger partial charge in [0.25, 0.3) is 0 Å². The lowest BCUT2D eigenvalue weighted by atomic mass is 9.94. The Morgan fingerprint density at radius 1 is 1.04 bits per heavy atom. The Bertz CT molecular complexity index is 543. The Morgan fingerprint density at radius 3 is 2.32 bits per heavy atom. The molecular weight excluding hydrogens is 310 g/mol. The number of amides is 1. The highest BCUT2D eigenvalue weighted by atomic mass is 16.2. The molecule has 4 nitrogen and oxygen atoms in total. The second kappa shape index (κ2) is 8.70. The smallest absolute Gasteiger partial charge is 0.223 e. The van der Waals surface area contributed by atoms with Crippen molar-refractivity contribution in [3.63, 3.8) is 0 Å². The average molecular weight is 344 g/mol. The molecule has 1 aliphatic carbocycles. The summed E-state index contributed by atoms with van der Waals surface area (Å²) in [5.41, 5.74) is 2.63. The normalized spacial score (nSPS) is 19.8. The molecule has 0 N–H and O–H groups in total. The Hall–Kier alpha value is -1.55. The zero-order chi connectivity index (χ0) is 17.6. The SMILES string of the molecule is Cc1ccc(N2CCN(CCC(=O)N(C)C3CCCCC3)CC2)cc1. The molecule has 1 heterocycles. The van der Waals surface area contributed by atoms with E-state index >= 15 is 0 Å². The number of nitrogens with zero attached hydrogens (tertiary/aromatic N) is 3. The first kappa shape index (κ1) is 18.2. The molecule has 4 heteroatoms. The van der Waals surface area contributed by atoms with Crippen molar-refractivity contribution in [1.82, 2.24) is 9.80 Å². The zero-order valence-corrected chi connectivity index (χ0v) is 15.9. The topological polar surface area (TPSA) is 26.8 Å². The minimum absolute atomic E-state index is 0.327. The largest absolute Gasteiger partial charge is 0.369 e. The van der Waals surface area contributed by atoms with Crippen molar-refractivity contribution >= 4 is 11.6 Å². The van der Waals surface area contributed by atoms with Gasteiger partial charge in [-0.05, 0) is 31.9 Å². The number of piperazine rings is 1. The van der Waals surface area contributed by atoms with Crippen LogP contribution in [0, 0.1) is 6.92 Å². The highest BCUT2D eigenvalue weighted by Gasteiger charge is 2.23. The van der Waals surface area contributed by atoms with Crippen molar-refractivity contribution in [2.45, 2.75) is 51.5 Å². The molecule has 25 heavy (non-hydrogen) atoms. The molecule has 0 spiro atoms. The molecule has 0 radical (unpaired) electrons. The molecule has 1 amide bonds. The second-order valence-corrected chi connectivity index (χ2v) is 7.71. The molecule has 1 aromatic carbocycles. The molecule has 2 fully saturated rings. The number of hydrogen-bond donors (Lipinski definition) is 0. The lowest BCUT2D eigenvalue weighted by Gasteiger charge is -2.36. The summed E-state index contributed by atoms with van der Waals surface area (Å²) >= 11 is 0. The summed E-state index contributed by atoms with van der Waals surface area (Å²) in [7, 11) is 2.01. The van der Waals surface area contributed by atoms with Crippen molar-refractivity contribution in [2.75, 3.05) is 44.7 Å². The standard InChI is InChI=1S/C21H33N3O/c1-18-8-10-20(11-9-18)24-16-14-23(15-17-24)13-12-21(25)22(2)19-6-4-3-5-7-19/h8-11,19H,3-7,12-17H2,1-2H3. The summed E-state index contributed by atoms with van der Waals surface area (Å²) in [6, 6.07) is 9.28. The van der Waals surface area contributed by atoms with Gasteiger partial charge < -0.3 is 9.80 Å². The lowest BCUT2D eigenvalue weighted by molar-refractivity contribution is -0.132. The fraction of sp³-hybridized carbons (Fsp3) is 0.667. The average Bonchev–Trinajstić information content (AvgIpc) is 2.67. The second-order valence-electron chi connectivity index (χ2n) is 7.71. The van der Waals surface area contributed by atoms with E-state index in [0.717, 1.165) is 32.7 Å². The highest BCUT2D eigenvalue weighted by Crippen LogP contribution is 2.22. The van der Waals surface area contributed by atoms with Crippen molar-refractivity contribution in [1.29, 1.82) is 0 Å². The van der Waals surface area contributed by atoms with E-state index in [-0.39, 0.29) is 0 Å². The predicted octanol–water partition coefficient (Wildman–Crippen LogP) is 3.30. The van der Waals surface area contributed by atoms with Crippen LogP contribution < -0.4 is 4.90 Å². The van der Waals surface area contributed by atoms with Gasteiger partial charge in [-0.3, -0.25) is 9.69 Å². The quantitative estimate of drug-likeness (QED) is 0.821. The van der Waals surface area contributed by atoms with Gasteiger partial charge in [-0.25, -0.2) is 0 Å². The Balaban J connectivity index is 1.40. The van der Waals surface area contributed by atoms with Gasteiger partial charge in [0, 0.05) is 57.9 Å². The molecule has 0 aromatic heterocycles. The molecule has 3 rings (SSSR count). The van der Waals surface area contributed by atoms with Crippen LogP contribution in [0.2, 0.25) is 0 Å². The molecule has 1 aliphatic heterocycles. The number of carbonyl (C=O) groups excluding carboxylic acids is 1. The molecule has 1 aromatic rings. The maximum atomic E-state index is 12.5. The van der Waals surface area contributed by atoms with Crippen molar-refractivity contribution in [3.8, 4) is 0 Å². The van der Waals surface area contributed by atoms with E-state index in [4.69, 9.17) is 0 Å². The van der Waals surface area contributed by atoms with E-state index in [1.807, 2.05) is 11.9 Å². The first-order chi connectivity index (χ1) is 12.1. The summed E-state index contributed by atoms with van der Waals surface area (Å²) in [5, 5.41) is 0. The monoisotopic (exact) mass is 343 g/mol. The Labute approximate surface area is 152 Å². The summed E-state index contributed by atoms with van der Waals surface area (Å²) in [5.74, 6) is 0.327. The lowest BCUT2D eigenvalue weighted by Crippen LogP contribution is -2.47. The van der Waals surface area contributed by atoms with Crippen LogP contribution in [0.3, 0.4) is 0 Å².